The number of rotatable bonds is 2. The van der Waals surface area contributed by atoms with Crippen LogP contribution < -0.4 is 5.32 Å². The van der Waals surface area contributed by atoms with Crippen molar-refractivity contribution in [3.63, 3.8) is 0 Å². The molecule has 1 aromatic carbocycles. The molecule has 0 unspecified atom stereocenters. The smallest absolute Gasteiger partial charge is 0.340 e. The molecule has 0 spiro atoms. The van der Waals surface area contributed by atoms with Crippen molar-refractivity contribution in [3.8, 4) is 0 Å². The van der Waals surface area contributed by atoms with Crippen molar-refractivity contribution in [1.82, 2.24) is 10.2 Å². The van der Waals surface area contributed by atoms with Crippen LogP contribution in [0, 0.1) is 5.92 Å². The lowest BCUT2D eigenvalue weighted by molar-refractivity contribution is -0.138. The van der Waals surface area contributed by atoms with Crippen molar-refractivity contribution >= 4 is 5.91 Å². The molecule has 21 heavy (non-hydrogen) atoms. The summed E-state index contributed by atoms with van der Waals surface area (Å²) in [5.74, 6) is -0.574. The van der Waals surface area contributed by atoms with Gasteiger partial charge in [-0.2, -0.15) is 13.2 Å². The van der Waals surface area contributed by atoms with E-state index in [4.69, 9.17) is 0 Å². The van der Waals surface area contributed by atoms with Crippen LogP contribution in [-0.4, -0.2) is 37.0 Å². The molecule has 1 aromatic rings. The van der Waals surface area contributed by atoms with Gasteiger partial charge in [-0.05, 0) is 24.0 Å². The monoisotopic (exact) mass is 298 g/mol. The summed E-state index contributed by atoms with van der Waals surface area (Å²) in [4.78, 5) is 14.1. The molecule has 1 N–H and O–H groups in total. The molecular weight excluding hydrogens is 281 g/mol. The standard InChI is InChI=1S/C15H17F3N2O/c16-15(17,18)13-4-2-1-3-10(13)11-9-12(11)14(21)20-7-5-19-6-8-20/h1-4,11-12,19H,5-9H2/t11-,12-/m0/s1. The summed E-state index contributed by atoms with van der Waals surface area (Å²) in [5, 5.41) is 3.16. The van der Waals surface area contributed by atoms with E-state index in [9.17, 15) is 18.0 Å². The molecule has 3 rings (SSSR count). The van der Waals surface area contributed by atoms with E-state index in [0.717, 1.165) is 19.2 Å². The third-order valence-electron chi connectivity index (χ3n) is 4.20. The number of piperazine rings is 1. The first kappa shape index (κ1) is 14.4. The van der Waals surface area contributed by atoms with Gasteiger partial charge in [0.15, 0.2) is 0 Å². The van der Waals surface area contributed by atoms with Gasteiger partial charge >= 0.3 is 6.18 Å². The molecule has 1 saturated heterocycles. The number of carbonyl (C=O) groups excluding carboxylic acids is 1. The zero-order valence-electron chi connectivity index (χ0n) is 11.5. The van der Waals surface area contributed by atoms with Crippen LogP contribution in [0.4, 0.5) is 13.2 Å². The predicted octanol–water partition coefficient (Wildman–Crippen LogP) is 2.24. The second-order valence-corrected chi connectivity index (χ2v) is 5.61. The molecule has 2 aliphatic rings. The lowest BCUT2D eigenvalue weighted by atomic mass is 10.0. The first-order chi connectivity index (χ1) is 9.98. The number of halogens is 3. The minimum absolute atomic E-state index is 0.00141. The topological polar surface area (TPSA) is 32.3 Å². The van der Waals surface area contributed by atoms with E-state index in [0.29, 0.717) is 19.5 Å². The summed E-state index contributed by atoms with van der Waals surface area (Å²) in [7, 11) is 0. The zero-order valence-corrected chi connectivity index (χ0v) is 11.5. The zero-order chi connectivity index (χ0) is 15.0. The molecule has 0 radical (unpaired) electrons. The Balaban J connectivity index is 1.74. The highest BCUT2D eigenvalue weighted by atomic mass is 19.4. The molecule has 1 amide bonds. The Labute approximate surface area is 121 Å². The van der Waals surface area contributed by atoms with Crippen LogP contribution in [0.15, 0.2) is 24.3 Å². The summed E-state index contributed by atoms with van der Waals surface area (Å²) >= 11 is 0. The summed E-state index contributed by atoms with van der Waals surface area (Å²) in [6, 6.07) is 5.59. The van der Waals surface area contributed by atoms with Crippen molar-refractivity contribution < 1.29 is 18.0 Å². The highest BCUT2D eigenvalue weighted by molar-refractivity contribution is 5.83. The van der Waals surface area contributed by atoms with E-state index in [-0.39, 0.29) is 23.3 Å². The lowest BCUT2D eigenvalue weighted by Gasteiger charge is -2.27. The van der Waals surface area contributed by atoms with Crippen LogP contribution in [0.3, 0.4) is 0 Å². The maximum Gasteiger partial charge on any atom is 0.416 e. The number of alkyl halides is 3. The molecule has 2 atom stereocenters. The highest BCUT2D eigenvalue weighted by Gasteiger charge is 2.49. The fourth-order valence-corrected chi connectivity index (χ4v) is 3.01. The number of hydrogen-bond donors (Lipinski definition) is 1. The summed E-state index contributed by atoms with van der Waals surface area (Å²) in [6.07, 6.45) is -3.84. The molecule has 1 heterocycles. The van der Waals surface area contributed by atoms with E-state index < -0.39 is 11.7 Å². The number of carbonyl (C=O) groups is 1. The first-order valence-electron chi connectivity index (χ1n) is 7.14. The molecule has 1 saturated carbocycles. The average molecular weight is 298 g/mol. The summed E-state index contributed by atoms with van der Waals surface area (Å²) in [6.45, 7) is 2.79. The Morgan fingerprint density at radius 3 is 2.52 bits per heavy atom. The second-order valence-electron chi connectivity index (χ2n) is 5.61. The summed E-state index contributed by atoms with van der Waals surface area (Å²) in [5.41, 5.74) is -0.343. The number of nitrogens with one attached hydrogen (secondary N) is 1. The minimum atomic E-state index is -4.36. The Bertz CT molecular complexity index is 538. The van der Waals surface area contributed by atoms with Gasteiger partial charge in [-0.3, -0.25) is 4.79 Å². The second kappa shape index (κ2) is 5.33. The number of hydrogen-bond acceptors (Lipinski definition) is 2. The molecule has 1 aliphatic carbocycles. The van der Waals surface area contributed by atoms with Crippen LogP contribution in [0.5, 0.6) is 0 Å². The highest BCUT2D eigenvalue weighted by Crippen LogP contribution is 2.51. The molecule has 0 aromatic heterocycles. The molecule has 1 aliphatic heterocycles. The van der Waals surface area contributed by atoms with Gasteiger partial charge in [0.25, 0.3) is 0 Å². The van der Waals surface area contributed by atoms with E-state index in [1.807, 2.05) is 0 Å². The number of nitrogens with zero attached hydrogens (tertiary/aromatic N) is 1. The number of benzene rings is 1. The Morgan fingerprint density at radius 1 is 1.19 bits per heavy atom. The predicted molar refractivity (Wildman–Crippen MR) is 71.7 cm³/mol. The Kier molecular flexibility index (Phi) is 3.65. The van der Waals surface area contributed by atoms with Crippen LogP contribution in [0.25, 0.3) is 0 Å². The van der Waals surface area contributed by atoms with E-state index >= 15 is 0 Å². The van der Waals surface area contributed by atoms with Gasteiger partial charge in [-0.15, -0.1) is 0 Å². The molecule has 3 nitrogen and oxygen atoms in total. The van der Waals surface area contributed by atoms with Gasteiger partial charge in [0.05, 0.1) is 5.56 Å². The van der Waals surface area contributed by atoms with Crippen molar-refractivity contribution in [2.45, 2.75) is 18.5 Å². The van der Waals surface area contributed by atoms with Gasteiger partial charge in [0.1, 0.15) is 0 Å². The summed E-state index contributed by atoms with van der Waals surface area (Å²) < 4.78 is 39.0. The minimum Gasteiger partial charge on any atom is -0.340 e. The lowest BCUT2D eigenvalue weighted by Crippen LogP contribution is -2.47. The molecule has 0 bridgehead atoms. The van der Waals surface area contributed by atoms with Crippen molar-refractivity contribution in [1.29, 1.82) is 0 Å². The Morgan fingerprint density at radius 2 is 1.86 bits per heavy atom. The van der Waals surface area contributed by atoms with Gasteiger partial charge in [0.2, 0.25) is 5.91 Å². The molecule has 6 heteroatoms. The third-order valence-corrected chi connectivity index (χ3v) is 4.20. The van der Waals surface area contributed by atoms with Gasteiger partial charge < -0.3 is 10.2 Å². The van der Waals surface area contributed by atoms with E-state index in [1.54, 1.807) is 11.0 Å². The molecular formula is C15H17F3N2O. The third kappa shape index (κ3) is 2.90. The van der Waals surface area contributed by atoms with Crippen LogP contribution >= 0.6 is 0 Å². The fourth-order valence-electron chi connectivity index (χ4n) is 3.01. The van der Waals surface area contributed by atoms with Crippen LogP contribution in [0.1, 0.15) is 23.5 Å². The van der Waals surface area contributed by atoms with Gasteiger partial charge in [0, 0.05) is 32.1 Å². The van der Waals surface area contributed by atoms with Gasteiger partial charge in [-0.1, -0.05) is 18.2 Å². The van der Waals surface area contributed by atoms with Crippen molar-refractivity contribution in [2.24, 2.45) is 5.92 Å². The van der Waals surface area contributed by atoms with E-state index in [2.05, 4.69) is 5.32 Å². The normalized spacial score (nSPS) is 25.8. The fraction of sp³-hybridized carbons (Fsp3) is 0.533. The SMILES string of the molecule is O=C([C@H]1C[C@H]1c1ccccc1C(F)(F)F)N1CCNCC1. The van der Waals surface area contributed by atoms with Crippen LogP contribution in [-0.2, 0) is 11.0 Å². The van der Waals surface area contributed by atoms with Crippen LogP contribution in [0.2, 0.25) is 0 Å². The first-order valence-corrected chi connectivity index (χ1v) is 7.14. The maximum atomic E-state index is 13.0. The van der Waals surface area contributed by atoms with Crippen molar-refractivity contribution in [2.75, 3.05) is 26.2 Å². The average Bonchev–Trinajstić information content (AvgIpc) is 3.27. The van der Waals surface area contributed by atoms with Gasteiger partial charge in [-0.25, -0.2) is 0 Å². The molecule has 2 fully saturated rings. The quantitative estimate of drug-likeness (QED) is 0.908. The van der Waals surface area contributed by atoms with Crippen molar-refractivity contribution in [3.05, 3.63) is 35.4 Å². The largest absolute Gasteiger partial charge is 0.416 e. The van der Waals surface area contributed by atoms with E-state index in [1.165, 1.54) is 12.1 Å². The maximum absolute atomic E-state index is 13.0. The number of amides is 1. The Hall–Kier alpha value is -1.56. The molecule has 114 valence electrons.